The Morgan fingerprint density at radius 3 is 2.87 bits per heavy atom. The fourth-order valence-corrected chi connectivity index (χ4v) is 1.76. The summed E-state index contributed by atoms with van der Waals surface area (Å²) in [6, 6.07) is 4.24. The van der Waals surface area contributed by atoms with Gasteiger partial charge in [-0.25, -0.2) is 4.39 Å². The number of benzene rings is 1. The van der Waals surface area contributed by atoms with Crippen LogP contribution in [-0.2, 0) is 4.79 Å². The smallest absolute Gasteiger partial charge is 0.165 e. The molecule has 0 aliphatic carbocycles. The lowest BCUT2D eigenvalue weighted by atomic mass is 10.0. The molecule has 15 heavy (non-hydrogen) atoms. The Hall–Kier alpha value is -1.42. The van der Waals surface area contributed by atoms with Gasteiger partial charge in [-0.1, -0.05) is 6.07 Å². The Morgan fingerprint density at radius 1 is 1.53 bits per heavy atom. The van der Waals surface area contributed by atoms with Crippen LogP contribution < -0.4 is 10.1 Å². The average molecular weight is 209 g/mol. The molecule has 1 N–H and O–H groups in total. The van der Waals surface area contributed by atoms with Crippen LogP contribution in [0.3, 0.4) is 0 Å². The number of halogens is 1. The van der Waals surface area contributed by atoms with Crippen LogP contribution in [0.2, 0.25) is 0 Å². The van der Waals surface area contributed by atoms with Crippen molar-refractivity contribution in [3.63, 3.8) is 0 Å². The minimum Gasteiger partial charge on any atom is -0.494 e. The quantitative estimate of drug-likeness (QED) is 0.800. The van der Waals surface area contributed by atoms with E-state index in [-0.39, 0.29) is 17.6 Å². The summed E-state index contributed by atoms with van der Waals surface area (Å²) in [6.45, 7) is 0.664. The monoisotopic (exact) mass is 209 g/mol. The second-order valence-electron chi connectivity index (χ2n) is 3.50. The number of Topliss-reactive ketones (excluding diaryl/α,β-unsaturated/α-hetero) is 1. The van der Waals surface area contributed by atoms with Gasteiger partial charge < -0.3 is 10.1 Å². The average Bonchev–Trinajstić information content (AvgIpc) is 2.64. The molecule has 3 nitrogen and oxygen atoms in total. The number of carbonyl (C=O) groups is 1. The van der Waals surface area contributed by atoms with Gasteiger partial charge >= 0.3 is 0 Å². The molecular weight excluding hydrogens is 197 g/mol. The number of carbonyl (C=O) groups excluding carboxylic acids is 1. The number of rotatable bonds is 2. The van der Waals surface area contributed by atoms with Crippen LogP contribution in [0.25, 0.3) is 0 Å². The molecule has 4 heteroatoms. The van der Waals surface area contributed by atoms with E-state index in [4.69, 9.17) is 4.74 Å². The summed E-state index contributed by atoms with van der Waals surface area (Å²) in [5, 5.41) is 3.03. The Bertz CT molecular complexity index is 392. The molecule has 0 bridgehead atoms. The van der Waals surface area contributed by atoms with E-state index >= 15 is 0 Å². The Labute approximate surface area is 87.2 Å². The highest BCUT2D eigenvalue weighted by Crippen LogP contribution is 2.24. The second-order valence-corrected chi connectivity index (χ2v) is 3.50. The first-order valence-corrected chi connectivity index (χ1v) is 4.82. The predicted octanol–water partition coefficient (Wildman–Crippen LogP) is 1.44. The van der Waals surface area contributed by atoms with Gasteiger partial charge in [0.15, 0.2) is 17.3 Å². The summed E-state index contributed by atoms with van der Waals surface area (Å²) >= 11 is 0. The SMILES string of the molecule is COc1ccc(C2NCCC2=O)cc1F. The van der Waals surface area contributed by atoms with Gasteiger partial charge in [0.1, 0.15) is 0 Å². The van der Waals surface area contributed by atoms with Gasteiger partial charge in [0, 0.05) is 13.0 Å². The van der Waals surface area contributed by atoms with Gasteiger partial charge in [-0.3, -0.25) is 4.79 Å². The van der Waals surface area contributed by atoms with Gasteiger partial charge in [-0.15, -0.1) is 0 Å². The lowest BCUT2D eigenvalue weighted by Crippen LogP contribution is -2.17. The maximum atomic E-state index is 13.4. The molecule has 1 saturated heterocycles. The highest BCUT2D eigenvalue weighted by molar-refractivity contribution is 5.87. The van der Waals surface area contributed by atoms with Crippen molar-refractivity contribution in [2.75, 3.05) is 13.7 Å². The Balaban J connectivity index is 2.29. The summed E-state index contributed by atoms with van der Waals surface area (Å²) in [5.74, 6) is -0.125. The summed E-state index contributed by atoms with van der Waals surface area (Å²) in [4.78, 5) is 11.4. The van der Waals surface area contributed by atoms with E-state index in [1.165, 1.54) is 19.2 Å². The molecule has 1 heterocycles. The first kappa shape index (κ1) is 10.1. The van der Waals surface area contributed by atoms with Crippen LogP contribution in [0.1, 0.15) is 18.0 Å². The first-order valence-electron chi connectivity index (χ1n) is 4.82. The Morgan fingerprint density at radius 2 is 2.33 bits per heavy atom. The molecule has 0 radical (unpaired) electrons. The van der Waals surface area contributed by atoms with E-state index < -0.39 is 5.82 Å². The highest BCUT2D eigenvalue weighted by Gasteiger charge is 2.25. The van der Waals surface area contributed by atoms with E-state index in [0.717, 1.165) is 0 Å². The van der Waals surface area contributed by atoms with Gasteiger partial charge in [0.05, 0.1) is 13.2 Å². The van der Waals surface area contributed by atoms with Crippen molar-refractivity contribution >= 4 is 5.78 Å². The molecule has 1 atom stereocenters. The fourth-order valence-electron chi connectivity index (χ4n) is 1.76. The van der Waals surface area contributed by atoms with Crippen molar-refractivity contribution in [2.45, 2.75) is 12.5 Å². The van der Waals surface area contributed by atoms with E-state index in [0.29, 0.717) is 18.5 Å². The Kier molecular flexibility index (Phi) is 2.68. The van der Waals surface area contributed by atoms with E-state index in [1.807, 2.05) is 0 Å². The molecule has 1 fully saturated rings. The molecule has 2 rings (SSSR count). The topological polar surface area (TPSA) is 38.3 Å². The normalized spacial score (nSPS) is 20.7. The standard InChI is InChI=1S/C11H12FNO2/c1-15-10-3-2-7(6-8(10)12)11-9(14)4-5-13-11/h2-3,6,11,13H,4-5H2,1H3. The third-order valence-corrected chi connectivity index (χ3v) is 2.55. The summed E-state index contributed by atoms with van der Waals surface area (Å²) < 4.78 is 18.2. The number of hydrogen-bond acceptors (Lipinski definition) is 3. The van der Waals surface area contributed by atoms with Crippen LogP contribution in [-0.4, -0.2) is 19.4 Å². The minimum absolute atomic E-state index is 0.111. The van der Waals surface area contributed by atoms with Crippen molar-refractivity contribution in [1.29, 1.82) is 0 Å². The van der Waals surface area contributed by atoms with Crippen LogP contribution in [0.5, 0.6) is 5.75 Å². The van der Waals surface area contributed by atoms with Gasteiger partial charge in [-0.2, -0.15) is 0 Å². The number of ether oxygens (including phenoxy) is 1. The molecule has 1 aliphatic rings. The zero-order chi connectivity index (χ0) is 10.8. The van der Waals surface area contributed by atoms with Crippen LogP contribution in [0.15, 0.2) is 18.2 Å². The van der Waals surface area contributed by atoms with Crippen molar-refractivity contribution in [3.05, 3.63) is 29.6 Å². The van der Waals surface area contributed by atoms with E-state index in [9.17, 15) is 9.18 Å². The maximum Gasteiger partial charge on any atom is 0.165 e. The number of hydrogen-bond donors (Lipinski definition) is 1. The molecule has 1 aromatic rings. The minimum atomic E-state index is -0.434. The first-order chi connectivity index (χ1) is 7.22. The van der Waals surface area contributed by atoms with Gasteiger partial charge in [-0.05, 0) is 17.7 Å². The second kappa shape index (κ2) is 3.98. The molecular formula is C11H12FNO2. The number of nitrogens with one attached hydrogen (secondary N) is 1. The van der Waals surface area contributed by atoms with Gasteiger partial charge in [0.25, 0.3) is 0 Å². The van der Waals surface area contributed by atoms with E-state index in [2.05, 4.69) is 5.32 Å². The molecule has 1 aliphatic heterocycles. The van der Waals surface area contributed by atoms with Crippen LogP contribution in [0.4, 0.5) is 4.39 Å². The van der Waals surface area contributed by atoms with Crippen LogP contribution in [0, 0.1) is 5.82 Å². The largest absolute Gasteiger partial charge is 0.494 e. The van der Waals surface area contributed by atoms with E-state index in [1.54, 1.807) is 6.07 Å². The molecule has 0 amide bonds. The van der Waals surface area contributed by atoms with Crippen molar-refractivity contribution in [3.8, 4) is 5.75 Å². The summed E-state index contributed by atoms with van der Waals surface area (Å²) in [6.07, 6.45) is 0.512. The van der Waals surface area contributed by atoms with Crippen LogP contribution >= 0.6 is 0 Å². The molecule has 0 saturated carbocycles. The number of ketones is 1. The fraction of sp³-hybridized carbons (Fsp3) is 0.364. The molecule has 1 aromatic carbocycles. The zero-order valence-corrected chi connectivity index (χ0v) is 8.42. The molecule has 0 aromatic heterocycles. The molecule has 0 spiro atoms. The number of methoxy groups -OCH3 is 1. The van der Waals surface area contributed by atoms with Crippen molar-refractivity contribution in [1.82, 2.24) is 5.32 Å². The summed E-state index contributed by atoms with van der Waals surface area (Å²) in [7, 11) is 1.41. The van der Waals surface area contributed by atoms with Crippen molar-refractivity contribution in [2.24, 2.45) is 0 Å². The maximum absolute atomic E-state index is 13.4. The lowest BCUT2D eigenvalue weighted by molar-refractivity contribution is -0.118. The third-order valence-electron chi connectivity index (χ3n) is 2.55. The molecule has 80 valence electrons. The predicted molar refractivity (Wildman–Crippen MR) is 53.3 cm³/mol. The summed E-state index contributed by atoms with van der Waals surface area (Å²) in [5.41, 5.74) is 0.663. The highest BCUT2D eigenvalue weighted by atomic mass is 19.1. The lowest BCUT2D eigenvalue weighted by Gasteiger charge is -2.10. The van der Waals surface area contributed by atoms with Crippen molar-refractivity contribution < 1.29 is 13.9 Å². The molecule has 1 unspecified atom stereocenters. The zero-order valence-electron chi connectivity index (χ0n) is 8.42. The third kappa shape index (κ3) is 1.85. The van der Waals surface area contributed by atoms with Gasteiger partial charge in [0.2, 0.25) is 0 Å².